The first-order valence-electron chi connectivity index (χ1n) is 6.37. The number of aromatic nitrogens is 4. The minimum absolute atomic E-state index is 0.546. The Balaban J connectivity index is 1.78. The van der Waals surface area contributed by atoms with Crippen molar-refractivity contribution in [2.24, 2.45) is 0 Å². The molecule has 6 heteroatoms. The lowest BCUT2D eigenvalue weighted by Gasteiger charge is -1.98. The summed E-state index contributed by atoms with van der Waals surface area (Å²) in [6.07, 6.45) is 2.51. The molecule has 1 saturated carbocycles. The van der Waals surface area contributed by atoms with Crippen LogP contribution in [0, 0.1) is 6.92 Å². The van der Waals surface area contributed by atoms with Crippen molar-refractivity contribution in [1.29, 1.82) is 0 Å². The van der Waals surface area contributed by atoms with Crippen LogP contribution in [0.3, 0.4) is 0 Å². The van der Waals surface area contributed by atoms with Crippen LogP contribution in [0.5, 0.6) is 0 Å². The van der Waals surface area contributed by atoms with Gasteiger partial charge in [0.1, 0.15) is 5.69 Å². The van der Waals surface area contributed by atoms with Crippen LogP contribution in [0.15, 0.2) is 10.6 Å². The van der Waals surface area contributed by atoms with Gasteiger partial charge in [-0.3, -0.25) is 4.68 Å². The Kier molecular flexibility index (Phi) is 2.87. The molecule has 6 nitrogen and oxygen atoms in total. The van der Waals surface area contributed by atoms with Crippen molar-refractivity contribution in [3.05, 3.63) is 17.6 Å². The van der Waals surface area contributed by atoms with Crippen molar-refractivity contribution in [1.82, 2.24) is 25.2 Å². The topological polar surface area (TPSA) is 68.8 Å². The van der Waals surface area contributed by atoms with Crippen molar-refractivity contribution >= 4 is 0 Å². The predicted octanol–water partition coefficient (Wildman–Crippen LogP) is 1.51. The normalized spacial score (nSPS) is 15.2. The Morgan fingerprint density at radius 2 is 2.33 bits per heavy atom. The van der Waals surface area contributed by atoms with Gasteiger partial charge in [0, 0.05) is 12.6 Å². The first-order chi connectivity index (χ1) is 8.76. The zero-order valence-electron chi connectivity index (χ0n) is 10.7. The molecule has 0 saturated heterocycles. The van der Waals surface area contributed by atoms with Gasteiger partial charge in [0.25, 0.3) is 5.89 Å². The standard InChI is InChI=1S/C12H17N5O/c1-3-17-10(6-8(2)15-17)12-14-11(16-18-12)7-13-9-4-5-9/h6,9,13H,3-5,7H2,1-2H3. The average molecular weight is 247 g/mol. The lowest BCUT2D eigenvalue weighted by Crippen LogP contribution is -2.16. The molecule has 1 fully saturated rings. The molecular weight excluding hydrogens is 230 g/mol. The summed E-state index contributed by atoms with van der Waals surface area (Å²) in [5, 5.41) is 11.7. The number of hydrogen-bond donors (Lipinski definition) is 1. The van der Waals surface area contributed by atoms with Crippen molar-refractivity contribution in [3.63, 3.8) is 0 Å². The molecule has 0 amide bonds. The Morgan fingerprint density at radius 1 is 1.50 bits per heavy atom. The fourth-order valence-corrected chi connectivity index (χ4v) is 1.91. The zero-order valence-corrected chi connectivity index (χ0v) is 10.7. The van der Waals surface area contributed by atoms with Crippen LogP contribution in [0.1, 0.15) is 31.3 Å². The second kappa shape index (κ2) is 4.53. The highest BCUT2D eigenvalue weighted by molar-refractivity contribution is 5.47. The van der Waals surface area contributed by atoms with E-state index < -0.39 is 0 Å². The molecule has 1 aliphatic rings. The second-order valence-electron chi connectivity index (χ2n) is 4.66. The second-order valence-corrected chi connectivity index (χ2v) is 4.66. The molecule has 0 radical (unpaired) electrons. The maximum absolute atomic E-state index is 5.30. The molecule has 1 aliphatic carbocycles. The van der Waals surface area contributed by atoms with E-state index in [-0.39, 0.29) is 0 Å². The van der Waals surface area contributed by atoms with E-state index in [1.807, 2.05) is 24.6 Å². The van der Waals surface area contributed by atoms with E-state index in [4.69, 9.17) is 4.52 Å². The minimum atomic E-state index is 0.546. The third-order valence-corrected chi connectivity index (χ3v) is 3.02. The summed E-state index contributed by atoms with van der Waals surface area (Å²) < 4.78 is 7.17. The molecule has 2 aromatic rings. The van der Waals surface area contributed by atoms with E-state index in [9.17, 15) is 0 Å². The maximum atomic E-state index is 5.30. The fraction of sp³-hybridized carbons (Fsp3) is 0.583. The molecule has 18 heavy (non-hydrogen) atoms. The molecule has 96 valence electrons. The Hall–Kier alpha value is -1.69. The zero-order chi connectivity index (χ0) is 12.5. The number of hydrogen-bond acceptors (Lipinski definition) is 5. The smallest absolute Gasteiger partial charge is 0.276 e. The van der Waals surface area contributed by atoms with Gasteiger partial charge in [-0.15, -0.1) is 0 Å². The molecule has 0 atom stereocenters. The molecular formula is C12H17N5O. The summed E-state index contributed by atoms with van der Waals surface area (Å²) in [7, 11) is 0. The van der Waals surface area contributed by atoms with E-state index >= 15 is 0 Å². The van der Waals surface area contributed by atoms with Gasteiger partial charge in [0.15, 0.2) is 5.82 Å². The van der Waals surface area contributed by atoms with Gasteiger partial charge >= 0.3 is 0 Å². The fourth-order valence-electron chi connectivity index (χ4n) is 1.91. The molecule has 3 rings (SSSR count). The summed E-state index contributed by atoms with van der Waals surface area (Å²) in [6.45, 7) is 5.47. The third kappa shape index (κ3) is 2.28. The molecule has 0 spiro atoms. The van der Waals surface area contributed by atoms with E-state index in [1.165, 1.54) is 12.8 Å². The summed E-state index contributed by atoms with van der Waals surface area (Å²) in [5.41, 5.74) is 1.85. The molecule has 0 aromatic carbocycles. The SMILES string of the molecule is CCn1nc(C)cc1-c1nc(CNC2CC2)no1. The van der Waals surface area contributed by atoms with E-state index in [2.05, 4.69) is 20.6 Å². The highest BCUT2D eigenvalue weighted by Gasteiger charge is 2.21. The Labute approximate surface area is 105 Å². The monoisotopic (exact) mass is 247 g/mol. The predicted molar refractivity (Wildman–Crippen MR) is 65.8 cm³/mol. The van der Waals surface area contributed by atoms with Crippen LogP contribution in [0.25, 0.3) is 11.6 Å². The first-order valence-corrected chi connectivity index (χ1v) is 6.37. The number of nitrogens with one attached hydrogen (secondary N) is 1. The summed E-state index contributed by atoms with van der Waals surface area (Å²) in [4.78, 5) is 4.40. The Bertz CT molecular complexity index is 540. The molecule has 1 N–H and O–H groups in total. The minimum Gasteiger partial charge on any atom is -0.332 e. The maximum Gasteiger partial charge on any atom is 0.276 e. The quantitative estimate of drug-likeness (QED) is 0.867. The molecule has 0 bridgehead atoms. The number of nitrogens with zero attached hydrogens (tertiary/aromatic N) is 4. The van der Waals surface area contributed by atoms with Crippen LogP contribution in [-0.2, 0) is 13.1 Å². The number of rotatable bonds is 5. The average Bonchev–Trinajstić information content (AvgIpc) is 2.94. The van der Waals surface area contributed by atoms with Crippen LogP contribution in [0.2, 0.25) is 0 Å². The first kappa shape index (κ1) is 11.4. The van der Waals surface area contributed by atoms with Gasteiger partial charge in [-0.2, -0.15) is 10.1 Å². The van der Waals surface area contributed by atoms with Gasteiger partial charge < -0.3 is 9.84 Å². The van der Waals surface area contributed by atoms with Gasteiger partial charge in [0.2, 0.25) is 0 Å². The van der Waals surface area contributed by atoms with Gasteiger partial charge in [-0.25, -0.2) is 0 Å². The van der Waals surface area contributed by atoms with Crippen LogP contribution >= 0.6 is 0 Å². The van der Waals surface area contributed by atoms with E-state index in [1.54, 1.807) is 0 Å². The summed E-state index contributed by atoms with van der Waals surface area (Å²) >= 11 is 0. The van der Waals surface area contributed by atoms with E-state index in [0.717, 1.165) is 17.9 Å². The third-order valence-electron chi connectivity index (χ3n) is 3.02. The summed E-state index contributed by atoms with van der Waals surface area (Å²) in [6, 6.07) is 2.62. The van der Waals surface area contributed by atoms with Gasteiger partial charge in [0.05, 0.1) is 12.2 Å². The highest BCUT2D eigenvalue weighted by atomic mass is 16.5. The van der Waals surface area contributed by atoms with E-state index in [0.29, 0.717) is 24.3 Å². The van der Waals surface area contributed by atoms with Gasteiger partial charge in [-0.05, 0) is 32.8 Å². The molecule has 2 heterocycles. The van der Waals surface area contributed by atoms with Gasteiger partial charge in [-0.1, -0.05) is 5.16 Å². The largest absolute Gasteiger partial charge is 0.332 e. The van der Waals surface area contributed by atoms with Crippen LogP contribution in [-0.4, -0.2) is 26.0 Å². The van der Waals surface area contributed by atoms with Crippen molar-refractivity contribution < 1.29 is 4.52 Å². The van der Waals surface area contributed by atoms with Crippen molar-refractivity contribution in [3.8, 4) is 11.6 Å². The molecule has 0 unspecified atom stereocenters. The Morgan fingerprint density at radius 3 is 3.06 bits per heavy atom. The molecule has 2 aromatic heterocycles. The summed E-state index contributed by atoms with van der Waals surface area (Å²) in [5.74, 6) is 1.25. The van der Waals surface area contributed by atoms with Crippen molar-refractivity contribution in [2.75, 3.05) is 0 Å². The lowest BCUT2D eigenvalue weighted by molar-refractivity contribution is 0.415. The number of aryl methyl sites for hydroxylation is 2. The lowest BCUT2D eigenvalue weighted by atomic mass is 10.3. The van der Waals surface area contributed by atoms with Crippen LogP contribution < -0.4 is 5.32 Å². The highest BCUT2D eigenvalue weighted by Crippen LogP contribution is 2.20. The van der Waals surface area contributed by atoms with Crippen molar-refractivity contribution in [2.45, 2.75) is 45.8 Å². The molecule has 0 aliphatic heterocycles. The van der Waals surface area contributed by atoms with Crippen LogP contribution in [0.4, 0.5) is 0 Å².